The molecule has 0 aromatic heterocycles. The molecular weight excluding hydrogens is 320 g/mol. The molecule has 0 aromatic carbocycles. The second-order valence-electron chi connectivity index (χ2n) is 6.78. The van der Waals surface area contributed by atoms with Crippen LogP contribution in [0.2, 0.25) is 0 Å². The van der Waals surface area contributed by atoms with Gasteiger partial charge in [0.05, 0.1) is 5.60 Å². The average Bonchev–Trinajstić information content (AvgIpc) is 3.18. The summed E-state index contributed by atoms with van der Waals surface area (Å²) in [4.78, 5) is 23.0. The lowest BCUT2D eigenvalue weighted by atomic mass is 9.85. The Morgan fingerprint density at radius 1 is 1.40 bits per heavy atom. The van der Waals surface area contributed by atoms with E-state index in [4.69, 9.17) is 14.2 Å². The van der Waals surface area contributed by atoms with Crippen molar-refractivity contribution in [1.29, 1.82) is 0 Å². The monoisotopic (exact) mass is 346 g/mol. The van der Waals surface area contributed by atoms with Gasteiger partial charge in [0.25, 0.3) is 0 Å². The van der Waals surface area contributed by atoms with E-state index >= 15 is 0 Å². The van der Waals surface area contributed by atoms with E-state index in [1.54, 1.807) is 0 Å². The molecule has 2 heterocycles. The lowest BCUT2D eigenvalue weighted by Crippen LogP contribution is -2.28. The van der Waals surface area contributed by atoms with Crippen molar-refractivity contribution in [3.05, 3.63) is 49.6 Å². The fourth-order valence-corrected chi connectivity index (χ4v) is 3.17. The Bertz CT molecular complexity index is 605. The van der Waals surface area contributed by atoms with Crippen LogP contribution in [0.3, 0.4) is 0 Å². The van der Waals surface area contributed by atoms with Gasteiger partial charge in [-0.3, -0.25) is 0 Å². The van der Waals surface area contributed by atoms with E-state index in [0.717, 1.165) is 24.5 Å². The largest absolute Gasteiger partial charge is 0.458 e. The summed E-state index contributed by atoms with van der Waals surface area (Å²) in [7, 11) is 0. The predicted octanol–water partition coefficient (Wildman–Crippen LogP) is 3.27. The number of carbonyl (C=O) groups is 2. The van der Waals surface area contributed by atoms with Crippen LogP contribution < -0.4 is 0 Å². The number of esters is 2. The minimum Gasteiger partial charge on any atom is -0.458 e. The molecule has 2 aliphatic heterocycles. The fourth-order valence-electron chi connectivity index (χ4n) is 3.17. The van der Waals surface area contributed by atoms with Crippen molar-refractivity contribution in [2.75, 3.05) is 6.61 Å². The fraction of sp³-hybridized carbons (Fsp3) is 0.500. The molecular formula is C20H26O5. The van der Waals surface area contributed by atoms with Crippen molar-refractivity contribution in [2.24, 2.45) is 5.92 Å². The minimum atomic E-state index is -0.479. The van der Waals surface area contributed by atoms with Crippen molar-refractivity contribution in [1.82, 2.24) is 0 Å². The Balaban J connectivity index is 1.91. The third-order valence-electron chi connectivity index (χ3n) is 4.83. The molecule has 4 atom stereocenters. The first-order chi connectivity index (χ1) is 11.8. The van der Waals surface area contributed by atoms with E-state index in [1.165, 1.54) is 0 Å². The molecule has 0 amide bonds. The lowest BCUT2D eigenvalue weighted by Gasteiger charge is -2.18. The van der Waals surface area contributed by atoms with E-state index in [0.29, 0.717) is 18.4 Å². The topological polar surface area (TPSA) is 65.1 Å². The van der Waals surface area contributed by atoms with Gasteiger partial charge in [0, 0.05) is 17.6 Å². The smallest absolute Gasteiger partial charge is 0.334 e. The molecule has 0 N–H and O–H groups in total. The molecule has 0 aromatic rings. The molecule has 2 saturated heterocycles. The maximum Gasteiger partial charge on any atom is 0.334 e. The Morgan fingerprint density at radius 3 is 2.76 bits per heavy atom. The molecule has 5 heteroatoms. The SMILES string of the molecule is C=CCC[C@@]1(C)O[C@@H]1[C@H]1OC(=O)C(=C)[C@@H]1CCC(=C)COC(=O)C=C. The average molecular weight is 346 g/mol. The summed E-state index contributed by atoms with van der Waals surface area (Å²) < 4.78 is 16.3. The first kappa shape index (κ1) is 19.2. The Morgan fingerprint density at radius 2 is 2.12 bits per heavy atom. The van der Waals surface area contributed by atoms with Crippen molar-refractivity contribution in [2.45, 2.75) is 50.4 Å². The van der Waals surface area contributed by atoms with E-state index in [-0.39, 0.29) is 36.3 Å². The summed E-state index contributed by atoms with van der Waals surface area (Å²) in [6, 6.07) is 0. The first-order valence-electron chi connectivity index (χ1n) is 8.46. The van der Waals surface area contributed by atoms with Gasteiger partial charge in [0.2, 0.25) is 0 Å². The molecule has 0 saturated carbocycles. The van der Waals surface area contributed by atoms with Gasteiger partial charge in [-0.2, -0.15) is 0 Å². The van der Waals surface area contributed by atoms with Crippen LogP contribution in [0, 0.1) is 5.92 Å². The summed E-state index contributed by atoms with van der Waals surface area (Å²) in [6.45, 7) is 17.0. The van der Waals surface area contributed by atoms with Crippen LogP contribution in [-0.4, -0.2) is 36.4 Å². The van der Waals surface area contributed by atoms with Crippen LogP contribution in [0.5, 0.6) is 0 Å². The lowest BCUT2D eigenvalue weighted by molar-refractivity contribution is -0.140. The van der Waals surface area contributed by atoms with Gasteiger partial charge in [-0.25, -0.2) is 9.59 Å². The number of hydrogen-bond acceptors (Lipinski definition) is 5. The van der Waals surface area contributed by atoms with E-state index in [2.05, 4.69) is 26.3 Å². The number of ether oxygens (including phenoxy) is 3. The van der Waals surface area contributed by atoms with Crippen molar-refractivity contribution < 1.29 is 23.8 Å². The second kappa shape index (κ2) is 7.83. The number of cyclic esters (lactones) is 1. The zero-order valence-corrected chi connectivity index (χ0v) is 14.8. The highest BCUT2D eigenvalue weighted by atomic mass is 16.6. The van der Waals surface area contributed by atoms with E-state index in [9.17, 15) is 9.59 Å². The maximum atomic E-state index is 12.0. The first-order valence-corrected chi connectivity index (χ1v) is 8.46. The molecule has 0 aliphatic carbocycles. The second-order valence-corrected chi connectivity index (χ2v) is 6.78. The van der Waals surface area contributed by atoms with Gasteiger partial charge < -0.3 is 14.2 Å². The van der Waals surface area contributed by atoms with Crippen molar-refractivity contribution >= 4 is 11.9 Å². The molecule has 25 heavy (non-hydrogen) atoms. The standard InChI is InChI=1S/C20H26O5/c1-6-8-11-20(5)18(25-20)17-15(14(4)19(22)24-17)10-9-13(3)12-23-16(21)7-2/h6-7,15,17-18H,1-4,8-12H2,5H3/t15-,17-,18+,20+/m0/s1. The number of carbonyl (C=O) groups excluding carboxylic acids is 2. The molecule has 2 rings (SSSR count). The van der Waals surface area contributed by atoms with Crippen LogP contribution in [0.25, 0.3) is 0 Å². The molecule has 5 nitrogen and oxygen atoms in total. The summed E-state index contributed by atoms with van der Waals surface area (Å²) in [5, 5.41) is 0. The molecule has 136 valence electrons. The molecule has 0 spiro atoms. The highest BCUT2D eigenvalue weighted by Crippen LogP contribution is 2.49. The van der Waals surface area contributed by atoms with E-state index < -0.39 is 5.97 Å². The van der Waals surface area contributed by atoms with Gasteiger partial charge in [-0.15, -0.1) is 6.58 Å². The van der Waals surface area contributed by atoms with Gasteiger partial charge in [0.15, 0.2) is 0 Å². The molecule has 0 bridgehead atoms. The Hall–Kier alpha value is -2.14. The van der Waals surface area contributed by atoms with Gasteiger partial charge in [0.1, 0.15) is 18.8 Å². The summed E-state index contributed by atoms with van der Waals surface area (Å²) in [5.41, 5.74) is 0.966. The molecule has 0 radical (unpaired) electrons. The third-order valence-corrected chi connectivity index (χ3v) is 4.83. The minimum absolute atomic E-state index is 0.116. The summed E-state index contributed by atoms with van der Waals surface area (Å²) in [6.07, 6.45) is 5.49. The van der Waals surface area contributed by atoms with Crippen LogP contribution in [0.15, 0.2) is 49.6 Å². The van der Waals surface area contributed by atoms with Crippen LogP contribution in [0.4, 0.5) is 0 Å². The highest BCUT2D eigenvalue weighted by Gasteiger charge is 2.61. The Labute approximate surface area is 149 Å². The maximum absolute atomic E-state index is 12.0. The van der Waals surface area contributed by atoms with Crippen LogP contribution in [-0.2, 0) is 23.8 Å². The summed E-state index contributed by atoms with van der Waals surface area (Å²) >= 11 is 0. The van der Waals surface area contributed by atoms with E-state index in [1.807, 2.05) is 13.0 Å². The van der Waals surface area contributed by atoms with Gasteiger partial charge in [-0.05, 0) is 38.2 Å². The quantitative estimate of drug-likeness (QED) is 0.263. The number of hydrogen-bond donors (Lipinski definition) is 0. The summed E-state index contributed by atoms with van der Waals surface area (Å²) in [5.74, 6) is -0.956. The number of rotatable bonds is 10. The number of allylic oxidation sites excluding steroid dienone is 1. The number of epoxide rings is 1. The van der Waals surface area contributed by atoms with Gasteiger partial charge in [-0.1, -0.05) is 25.8 Å². The van der Waals surface area contributed by atoms with Crippen LogP contribution >= 0.6 is 0 Å². The van der Waals surface area contributed by atoms with Gasteiger partial charge >= 0.3 is 11.9 Å². The highest BCUT2D eigenvalue weighted by molar-refractivity contribution is 5.91. The molecule has 2 aliphatic rings. The molecule has 2 fully saturated rings. The third kappa shape index (κ3) is 4.48. The van der Waals surface area contributed by atoms with Crippen molar-refractivity contribution in [3.63, 3.8) is 0 Å². The zero-order valence-electron chi connectivity index (χ0n) is 14.8. The molecule has 0 unspecified atom stereocenters. The Kier molecular flexibility index (Phi) is 6.01. The van der Waals surface area contributed by atoms with Crippen molar-refractivity contribution in [3.8, 4) is 0 Å². The van der Waals surface area contributed by atoms with Crippen LogP contribution in [0.1, 0.15) is 32.6 Å². The normalized spacial score (nSPS) is 30.5. The zero-order chi connectivity index (χ0) is 18.6. The predicted molar refractivity (Wildman–Crippen MR) is 94.7 cm³/mol.